The van der Waals surface area contributed by atoms with Gasteiger partial charge in [-0.05, 0) is 30.7 Å². The summed E-state index contributed by atoms with van der Waals surface area (Å²) in [7, 11) is -2.51. The summed E-state index contributed by atoms with van der Waals surface area (Å²) in [5, 5.41) is 25.0. The Kier molecular flexibility index (Phi) is 10.2. The first kappa shape index (κ1) is 28.6. The number of nitrogens with zero attached hydrogens (tertiary/aromatic N) is 1. The van der Waals surface area contributed by atoms with Crippen LogP contribution in [0.2, 0.25) is 0 Å². The van der Waals surface area contributed by atoms with Crippen molar-refractivity contribution >= 4 is 33.2 Å². The van der Waals surface area contributed by atoms with Crippen molar-refractivity contribution in [2.75, 3.05) is 26.1 Å². The van der Waals surface area contributed by atoms with Crippen molar-refractivity contribution in [2.24, 2.45) is 0 Å². The average molecular weight is 523 g/mol. The number of hydrogen-bond acceptors (Lipinski definition) is 10. The number of hydrogen-bond donors (Lipinski definition) is 2. The quantitative estimate of drug-likeness (QED) is 0.166. The van der Waals surface area contributed by atoms with Gasteiger partial charge < -0.3 is 19.9 Å². The number of phenolic OH excluding ortho intramolecular Hbond substituents is 1. The fraction of sp³-hybridized carbons (Fsp3) is 0.417. The van der Waals surface area contributed by atoms with E-state index in [1.54, 1.807) is 0 Å². The van der Waals surface area contributed by atoms with Crippen molar-refractivity contribution < 1.29 is 37.5 Å². The van der Waals surface area contributed by atoms with Crippen LogP contribution in [0.3, 0.4) is 0 Å². The van der Waals surface area contributed by atoms with E-state index < -0.39 is 47.9 Å². The van der Waals surface area contributed by atoms with Crippen molar-refractivity contribution in [1.29, 1.82) is 0 Å². The first-order valence-corrected chi connectivity index (χ1v) is 12.9. The normalized spacial score (nSPS) is 11.1. The fourth-order valence-corrected chi connectivity index (χ4v) is 5.17. The molecule has 0 aliphatic rings. The maximum absolute atomic E-state index is 13.7. The molecule has 0 saturated heterocycles. The number of unbranched alkanes of at least 4 members (excludes halogenated alkanes) is 5. The first-order valence-electron chi connectivity index (χ1n) is 11.4. The van der Waals surface area contributed by atoms with E-state index in [1.165, 1.54) is 6.07 Å². The third-order valence-electron chi connectivity index (χ3n) is 5.49. The topological polar surface area (TPSA) is 162 Å². The monoisotopic (exact) mass is 522 g/mol. The van der Waals surface area contributed by atoms with Crippen LogP contribution in [0, 0.1) is 10.1 Å². The molecule has 0 atom stereocenters. The number of sulfone groups is 1. The molecular weight excluding hydrogens is 492 g/mol. The number of esters is 2. The molecule has 0 amide bonds. The van der Waals surface area contributed by atoms with E-state index >= 15 is 0 Å². The molecule has 2 N–H and O–H groups in total. The zero-order valence-electron chi connectivity index (χ0n) is 20.4. The van der Waals surface area contributed by atoms with Gasteiger partial charge in [0.2, 0.25) is 9.84 Å². The van der Waals surface area contributed by atoms with Gasteiger partial charge >= 0.3 is 11.9 Å². The smallest absolute Gasteiger partial charge is 0.338 e. The fourth-order valence-electron chi connectivity index (χ4n) is 3.58. The van der Waals surface area contributed by atoms with Crippen LogP contribution in [0.5, 0.6) is 5.75 Å². The number of nitro benzene ring substituents is 1. The van der Waals surface area contributed by atoms with Crippen molar-refractivity contribution in [1.82, 2.24) is 0 Å². The lowest BCUT2D eigenvalue weighted by atomic mass is 10.1. The number of aromatic hydroxyl groups is 1. The van der Waals surface area contributed by atoms with Crippen LogP contribution in [0.1, 0.15) is 66.2 Å². The van der Waals surface area contributed by atoms with Crippen LogP contribution in [0.25, 0.3) is 0 Å². The highest BCUT2D eigenvalue weighted by Gasteiger charge is 2.32. The number of carbonyl (C=O) groups is 2. The standard InChI is InChI=1S/C24H30N2O9S/c1-4-5-6-7-8-9-12-25-22-18(26(30)31)13-17(24(29)35-3)15-21(22)36(32,33)20-14-16(23(28)34-2)10-11-19(20)27/h10-11,13-15,25,27H,4-9,12H2,1-3H3. The highest BCUT2D eigenvalue weighted by Crippen LogP contribution is 2.39. The Morgan fingerprint density at radius 1 is 0.944 bits per heavy atom. The molecule has 12 heteroatoms. The second-order valence-corrected chi connectivity index (χ2v) is 9.88. The minimum atomic E-state index is -4.67. The zero-order valence-corrected chi connectivity index (χ0v) is 21.2. The number of rotatable bonds is 13. The van der Waals surface area contributed by atoms with Crippen molar-refractivity contribution in [3.05, 3.63) is 51.6 Å². The Morgan fingerprint density at radius 3 is 2.14 bits per heavy atom. The average Bonchev–Trinajstić information content (AvgIpc) is 2.86. The van der Waals surface area contributed by atoms with E-state index in [0.717, 1.165) is 70.6 Å². The molecular formula is C24H30N2O9S. The summed E-state index contributed by atoms with van der Waals surface area (Å²) in [4.78, 5) is 33.9. The van der Waals surface area contributed by atoms with Crippen molar-refractivity contribution in [2.45, 2.75) is 55.2 Å². The lowest BCUT2D eigenvalue weighted by molar-refractivity contribution is -0.384. The number of ether oxygens (including phenoxy) is 2. The van der Waals surface area contributed by atoms with Gasteiger partial charge in [0.25, 0.3) is 5.69 Å². The largest absolute Gasteiger partial charge is 0.507 e. The minimum Gasteiger partial charge on any atom is -0.507 e. The van der Waals surface area contributed by atoms with E-state index in [-0.39, 0.29) is 23.4 Å². The zero-order chi connectivity index (χ0) is 26.9. The first-order chi connectivity index (χ1) is 17.1. The number of phenols is 1. The summed E-state index contributed by atoms with van der Waals surface area (Å²) in [5.74, 6) is -2.51. The Balaban J connectivity index is 2.62. The predicted octanol–water partition coefficient (Wildman–Crippen LogP) is 4.48. The maximum Gasteiger partial charge on any atom is 0.338 e. The van der Waals surface area contributed by atoms with Gasteiger partial charge in [0.05, 0.1) is 30.3 Å². The summed E-state index contributed by atoms with van der Waals surface area (Å²) in [6, 6.07) is 4.96. The summed E-state index contributed by atoms with van der Waals surface area (Å²) < 4.78 is 36.6. The second kappa shape index (κ2) is 12.9. The lowest BCUT2D eigenvalue weighted by Gasteiger charge is -2.15. The predicted molar refractivity (Wildman–Crippen MR) is 131 cm³/mol. The minimum absolute atomic E-state index is 0.158. The molecule has 0 bridgehead atoms. The molecule has 0 heterocycles. The number of nitro groups is 1. The van der Waals surface area contributed by atoms with Gasteiger partial charge in [-0.3, -0.25) is 10.1 Å². The second-order valence-electron chi connectivity index (χ2n) is 7.99. The summed E-state index contributed by atoms with van der Waals surface area (Å²) >= 11 is 0. The molecule has 0 fully saturated rings. The number of carbonyl (C=O) groups excluding carboxylic acids is 2. The highest BCUT2D eigenvalue weighted by molar-refractivity contribution is 7.91. The van der Waals surface area contributed by atoms with Crippen molar-refractivity contribution in [3.63, 3.8) is 0 Å². The summed E-state index contributed by atoms with van der Waals surface area (Å²) in [5.41, 5.74) is -1.50. The molecule has 0 saturated carbocycles. The van der Waals surface area contributed by atoms with Gasteiger partial charge in [0, 0.05) is 12.6 Å². The molecule has 0 aromatic heterocycles. The molecule has 11 nitrogen and oxygen atoms in total. The van der Waals surface area contributed by atoms with Crippen molar-refractivity contribution in [3.8, 4) is 5.75 Å². The van der Waals surface area contributed by atoms with Crippen LogP contribution in [0.4, 0.5) is 11.4 Å². The Bertz CT molecular complexity index is 1230. The van der Waals surface area contributed by atoms with Crippen LogP contribution < -0.4 is 5.32 Å². The molecule has 0 radical (unpaired) electrons. The molecule has 36 heavy (non-hydrogen) atoms. The van der Waals surface area contributed by atoms with E-state index in [1.807, 2.05) is 0 Å². The highest BCUT2D eigenvalue weighted by atomic mass is 32.2. The Labute approximate surface area is 209 Å². The van der Waals surface area contributed by atoms with E-state index in [9.17, 15) is 33.2 Å². The van der Waals surface area contributed by atoms with Gasteiger partial charge in [0.1, 0.15) is 21.2 Å². The van der Waals surface area contributed by atoms with Gasteiger partial charge in [-0.15, -0.1) is 0 Å². The Morgan fingerprint density at radius 2 is 1.53 bits per heavy atom. The van der Waals surface area contributed by atoms with E-state index in [0.29, 0.717) is 6.42 Å². The molecule has 196 valence electrons. The molecule has 0 unspecified atom stereocenters. The maximum atomic E-state index is 13.7. The van der Waals surface area contributed by atoms with E-state index in [2.05, 4.69) is 21.7 Å². The summed E-state index contributed by atoms with van der Waals surface area (Å²) in [6.45, 7) is 2.33. The number of methoxy groups -OCH3 is 2. The lowest BCUT2D eigenvalue weighted by Crippen LogP contribution is -2.14. The molecule has 0 spiro atoms. The summed E-state index contributed by atoms with van der Waals surface area (Å²) in [6.07, 6.45) is 5.68. The number of benzene rings is 2. The van der Waals surface area contributed by atoms with Gasteiger partial charge in [-0.1, -0.05) is 39.0 Å². The molecule has 2 rings (SSSR count). The van der Waals surface area contributed by atoms with Gasteiger partial charge in [-0.25, -0.2) is 18.0 Å². The van der Waals surface area contributed by atoms with Crippen LogP contribution >= 0.6 is 0 Å². The van der Waals surface area contributed by atoms with E-state index in [4.69, 9.17) is 0 Å². The molecule has 0 aliphatic carbocycles. The number of nitrogens with one attached hydrogen (secondary N) is 1. The van der Waals surface area contributed by atoms with Gasteiger partial charge in [-0.2, -0.15) is 0 Å². The molecule has 2 aromatic carbocycles. The number of anilines is 1. The van der Waals surface area contributed by atoms with Gasteiger partial charge in [0.15, 0.2) is 0 Å². The SMILES string of the molecule is CCCCCCCCNc1c([N+](=O)[O-])cc(C(=O)OC)cc1S(=O)(=O)c1cc(C(=O)OC)ccc1O. The van der Waals surface area contributed by atoms with Crippen LogP contribution in [-0.4, -0.2) is 51.2 Å². The Hall–Kier alpha value is -3.67. The van der Waals surface area contributed by atoms with Crippen LogP contribution in [-0.2, 0) is 19.3 Å². The third-order valence-corrected chi connectivity index (χ3v) is 7.30. The third kappa shape index (κ3) is 6.72. The molecule has 0 aliphatic heterocycles. The molecule has 2 aromatic rings. The van der Waals surface area contributed by atoms with Crippen LogP contribution in [0.15, 0.2) is 40.1 Å².